The van der Waals surface area contributed by atoms with E-state index in [0.29, 0.717) is 25.8 Å². The third-order valence-corrected chi connectivity index (χ3v) is 6.28. The summed E-state index contributed by atoms with van der Waals surface area (Å²) in [5, 5.41) is 12.6. The van der Waals surface area contributed by atoms with Gasteiger partial charge in [-0.15, -0.1) is 13.2 Å². The molecule has 1 heterocycles. The van der Waals surface area contributed by atoms with E-state index in [1.165, 1.54) is 0 Å². The maximum atomic E-state index is 13.3. The third kappa shape index (κ3) is 10.1. The zero-order chi connectivity index (χ0) is 25.5. The standard InChI is InChI=1S/C28H40N2O5/c1-3-5-6-10-16-27(33)35-21-25-15-11-17-30(25)28(34)23(12-4-2)19-26(32)29-24(20-31)18-22-13-8-7-9-14-22/h3-4,7-9,13-14,23-25,31H,1-2,5-6,10-12,15-21H2,(H,29,32)/t23-,24-,25+/m1/s1. The first-order valence-electron chi connectivity index (χ1n) is 12.6. The molecular formula is C28H40N2O5. The number of esters is 1. The minimum atomic E-state index is -0.543. The van der Waals surface area contributed by atoms with Gasteiger partial charge < -0.3 is 20.1 Å². The van der Waals surface area contributed by atoms with Crippen molar-refractivity contribution < 1.29 is 24.2 Å². The topological polar surface area (TPSA) is 95.9 Å². The van der Waals surface area contributed by atoms with Crippen molar-refractivity contribution in [3.8, 4) is 0 Å². The Labute approximate surface area is 209 Å². The molecule has 1 saturated heterocycles. The van der Waals surface area contributed by atoms with E-state index in [4.69, 9.17) is 4.74 Å². The van der Waals surface area contributed by atoms with Gasteiger partial charge in [0.15, 0.2) is 0 Å². The van der Waals surface area contributed by atoms with E-state index in [2.05, 4.69) is 18.5 Å². The molecule has 0 bridgehead atoms. The number of likely N-dealkylation sites (tertiary alicyclic amines) is 1. The van der Waals surface area contributed by atoms with E-state index >= 15 is 0 Å². The Balaban J connectivity index is 1.88. The molecule has 0 aliphatic carbocycles. The molecule has 1 fully saturated rings. The SMILES string of the molecule is C=CCCCCC(=O)OC[C@@H]1CCCN1C(=O)[C@H](CC=C)CC(=O)N[C@@H](CO)Cc1ccccc1. The monoisotopic (exact) mass is 484 g/mol. The highest BCUT2D eigenvalue weighted by Gasteiger charge is 2.34. The zero-order valence-electron chi connectivity index (χ0n) is 20.7. The number of nitrogens with zero attached hydrogens (tertiary/aromatic N) is 1. The molecule has 2 amide bonds. The van der Waals surface area contributed by atoms with Crippen LogP contribution < -0.4 is 5.32 Å². The highest BCUT2D eigenvalue weighted by atomic mass is 16.5. The number of carbonyl (C=O) groups excluding carboxylic acids is 3. The highest BCUT2D eigenvalue weighted by molar-refractivity contribution is 5.86. The largest absolute Gasteiger partial charge is 0.463 e. The zero-order valence-corrected chi connectivity index (χ0v) is 20.7. The van der Waals surface area contributed by atoms with Gasteiger partial charge in [-0.25, -0.2) is 0 Å². The number of aliphatic hydroxyl groups is 1. The van der Waals surface area contributed by atoms with Gasteiger partial charge >= 0.3 is 5.97 Å². The Kier molecular flexibility index (Phi) is 12.8. The molecule has 192 valence electrons. The summed E-state index contributed by atoms with van der Waals surface area (Å²) in [6.45, 7) is 8.01. The van der Waals surface area contributed by atoms with Crippen LogP contribution in [0.3, 0.4) is 0 Å². The molecule has 1 aromatic carbocycles. The van der Waals surface area contributed by atoms with Crippen LogP contribution in [0.4, 0.5) is 0 Å². The molecule has 1 aliphatic heterocycles. The maximum absolute atomic E-state index is 13.3. The lowest BCUT2D eigenvalue weighted by Crippen LogP contribution is -2.45. The second-order valence-electron chi connectivity index (χ2n) is 9.11. The minimum Gasteiger partial charge on any atom is -0.463 e. The first-order chi connectivity index (χ1) is 17.0. The quantitative estimate of drug-likeness (QED) is 0.212. The number of hydrogen-bond donors (Lipinski definition) is 2. The summed E-state index contributed by atoms with van der Waals surface area (Å²) >= 11 is 0. The van der Waals surface area contributed by atoms with Crippen LogP contribution in [0.1, 0.15) is 56.9 Å². The molecule has 35 heavy (non-hydrogen) atoms. The van der Waals surface area contributed by atoms with Gasteiger partial charge in [-0.1, -0.05) is 42.5 Å². The maximum Gasteiger partial charge on any atom is 0.305 e. The van der Waals surface area contributed by atoms with Gasteiger partial charge in [-0.05, 0) is 50.5 Å². The summed E-state index contributed by atoms with van der Waals surface area (Å²) in [7, 11) is 0. The van der Waals surface area contributed by atoms with Crippen molar-refractivity contribution in [2.75, 3.05) is 19.8 Å². The summed E-state index contributed by atoms with van der Waals surface area (Å²) < 4.78 is 5.45. The normalized spacial score (nSPS) is 16.8. The number of amides is 2. The van der Waals surface area contributed by atoms with Crippen LogP contribution in [0.15, 0.2) is 55.6 Å². The molecule has 0 radical (unpaired) electrons. The van der Waals surface area contributed by atoms with E-state index < -0.39 is 12.0 Å². The average molecular weight is 485 g/mol. The van der Waals surface area contributed by atoms with E-state index in [0.717, 1.165) is 37.7 Å². The van der Waals surface area contributed by atoms with E-state index in [1.54, 1.807) is 11.0 Å². The molecule has 0 spiro atoms. The number of allylic oxidation sites excluding steroid dienone is 2. The van der Waals surface area contributed by atoms with Gasteiger partial charge in [-0.2, -0.15) is 0 Å². The Morgan fingerprint density at radius 3 is 2.63 bits per heavy atom. The van der Waals surface area contributed by atoms with E-state index in [-0.39, 0.29) is 43.5 Å². The Bertz CT molecular complexity index is 826. The molecule has 3 atom stereocenters. The Morgan fingerprint density at radius 2 is 1.94 bits per heavy atom. The fraction of sp³-hybridized carbons (Fsp3) is 0.536. The van der Waals surface area contributed by atoms with Gasteiger partial charge in [0.2, 0.25) is 11.8 Å². The van der Waals surface area contributed by atoms with E-state index in [9.17, 15) is 19.5 Å². The van der Waals surface area contributed by atoms with Crippen LogP contribution in [-0.2, 0) is 25.5 Å². The molecule has 0 aromatic heterocycles. The second-order valence-corrected chi connectivity index (χ2v) is 9.11. The third-order valence-electron chi connectivity index (χ3n) is 6.28. The van der Waals surface area contributed by atoms with Crippen molar-refractivity contribution in [3.63, 3.8) is 0 Å². The number of carbonyl (C=O) groups is 3. The van der Waals surface area contributed by atoms with Crippen molar-refractivity contribution in [2.24, 2.45) is 5.92 Å². The number of hydrogen-bond acceptors (Lipinski definition) is 5. The van der Waals surface area contributed by atoms with E-state index in [1.807, 2.05) is 36.4 Å². The molecule has 2 N–H and O–H groups in total. The van der Waals surface area contributed by atoms with Gasteiger partial charge in [0.05, 0.1) is 24.6 Å². The predicted molar refractivity (Wildman–Crippen MR) is 136 cm³/mol. The molecule has 0 unspecified atom stereocenters. The highest BCUT2D eigenvalue weighted by Crippen LogP contribution is 2.23. The first kappa shape index (κ1) is 28.3. The van der Waals surface area contributed by atoms with Crippen molar-refractivity contribution in [1.29, 1.82) is 0 Å². The number of aliphatic hydroxyl groups excluding tert-OH is 1. The van der Waals surface area contributed by atoms with Crippen LogP contribution in [0.5, 0.6) is 0 Å². The molecule has 2 rings (SSSR count). The van der Waals surface area contributed by atoms with Crippen LogP contribution in [0.2, 0.25) is 0 Å². The van der Waals surface area contributed by atoms with Gasteiger partial charge in [0.25, 0.3) is 0 Å². The lowest BCUT2D eigenvalue weighted by atomic mass is 9.98. The van der Waals surface area contributed by atoms with Crippen molar-refractivity contribution >= 4 is 17.8 Å². The summed E-state index contributed by atoms with van der Waals surface area (Å²) in [5.41, 5.74) is 1.01. The molecule has 1 aliphatic rings. The van der Waals surface area contributed by atoms with Crippen LogP contribution in [0, 0.1) is 5.92 Å². The van der Waals surface area contributed by atoms with Gasteiger partial charge in [0, 0.05) is 19.4 Å². The lowest BCUT2D eigenvalue weighted by molar-refractivity contribution is -0.148. The van der Waals surface area contributed by atoms with Crippen molar-refractivity contribution in [1.82, 2.24) is 10.2 Å². The molecule has 0 saturated carbocycles. The summed E-state index contributed by atoms with van der Waals surface area (Å²) in [4.78, 5) is 39.9. The minimum absolute atomic E-state index is 0.0163. The fourth-order valence-corrected chi connectivity index (χ4v) is 4.40. The molecule has 1 aromatic rings. The predicted octanol–water partition coefficient (Wildman–Crippen LogP) is 3.57. The number of unbranched alkanes of at least 4 members (excludes halogenated alkanes) is 2. The molecular weight excluding hydrogens is 444 g/mol. The Morgan fingerprint density at radius 1 is 1.17 bits per heavy atom. The van der Waals surface area contributed by atoms with Crippen LogP contribution in [0.25, 0.3) is 0 Å². The average Bonchev–Trinajstić information content (AvgIpc) is 3.33. The first-order valence-corrected chi connectivity index (χ1v) is 12.6. The van der Waals surface area contributed by atoms with Crippen LogP contribution >= 0.6 is 0 Å². The van der Waals surface area contributed by atoms with Gasteiger partial charge in [0.1, 0.15) is 6.61 Å². The van der Waals surface area contributed by atoms with Crippen LogP contribution in [-0.4, -0.2) is 59.6 Å². The van der Waals surface area contributed by atoms with Crippen molar-refractivity contribution in [3.05, 3.63) is 61.2 Å². The number of benzene rings is 1. The Hall–Kier alpha value is -2.93. The number of nitrogens with one attached hydrogen (secondary N) is 1. The summed E-state index contributed by atoms with van der Waals surface area (Å²) in [6.07, 6.45) is 8.90. The smallest absolute Gasteiger partial charge is 0.305 e. The number of ether oxygens (including phenoxy) is 1. The fourth-order valence-electron chi connectivity index (χ4n) is 4.40. The molecule has 7 heteroatoms. The summed E-state index contributed by atoms with van der Waals surface area (Å²) in [5.74, 6) is -1.18. The lowest BCUT2D eigenvalue weighted by Gasteiger charge is -2.28. The van der Waals surface area contributed by atoms with Crippen molar-refractivity contribution in [2.45, 2.75) is 69.9 Å². The van der Waals surface area contributed by atoms with Gasteiger partial charge in [-0.3, -0.25) is 14.4 Å². The number of rotatable bonds is 16. The molecule has 7 nitrogen and oxygen atoms in total. The summed E-state index contributed by atoms with van der Waals surface area (Å²) in [6, 6.07) is 9.04. The second kappa shape index (κ2) is 15.9.